The number of hydrogen-bond donors (Lipinski definition) is 2. The van der Waals surface area contributed by atoms with E-state index in [0.29, 0.717) is 11.8 Å². The van der Waals surface area contributed by atoms with E-state index in [4.69, 9.17) is 0 Å². The molecule has 19 heavy (non-hydrogen) atoms. The second-order valence-electron chi connectivity index (χ2n) is 4.86. The SMILES string of the molecule is Oc1ccccc1CCC1C=Cc2ccccc2N1. The zero-order chi connectivity index (χ0) is 13.1. The Bertz CT molecular complexity index is 604. The topological polar surface area (TPSA) is 32.3 Å². The van der Waals surface area contributed by atoms with Crippen LogP contribution in [0, 0.1) is 0 Å². The van der Waals surface area contributed by atoms with Crippen molar-refractivity contribution in [3.63, 3.8) is 0 Å². The number of nitrogens with one attached hydrogen (secondary N) is 1. The molecule has 0 bridgehead atoms. The third kappa shape index (κ3) is 2.63. The summed E-state index contributed by atoms with van der Waals surface area (Å²) in [5.74, 6) is 0.391. The number of hydrogen-bond acceptors (Lipinski definition) is 2. The first-order valence-corrected chi connectivity index (χ1v) is 6.63. The standard InChI is InChI=1S/C17H17NO/c19-17-8-4-2-6-14(17)10-12-15-11-9-13-5-1-3-7-16(13)18-15/h1-9,11,15,18-19H,10,12H2. The number of aryl methyl sites for hydroxylation is 1. The maximum absolute atomic E-state index is 9.76. The summed E-state index contributed by atoms with van der Waals surface area (Å²) < 4.78 is 0. The van der Waals surface area contributed by atoms with Gasteiger partial charge in [-0.25, -0.2) is 0 Å². The van der Waals surface area contributed by atoms with Gasteiger partial charge < -0.3 is 10.4 Å². The van der Waals surface area contributed by atoms with Crippen molar-refractivity contribution in [2.75, 3.05) is 5.32 Å². The Morgan fingerprint density at radius 2 is 1.79 bits per heavy atom. The molecule has 2 nitrogen and oxygen atoms in total. The van der Waals surface area contributed by atoms with Crippen LogP contribution in [0.25, 0.3) is 6.08 Å². The van der Waals surface area contributed by atoms with E-state index in [1.807, 2.05) is 30.3 Å². The lowest BCUT2D eigenvalue weighted by Crippen LogP contribution is -2.20. The van der Waals surface area contributed by atoms with E-state index in [-0.39, 0.29) is 0 Å². The zero-order valence-electron chi connectivity index (χ0n) is 10.7. The Hall–Kier alpha value is -2.22. The highest BCUT2D eigenvalue weighted by Gasteiger charge is 2.12. The van der Waals surface area contributed by atoms with E-state index in [1.54, 1.807) is 6.07 Å². The average Bonchev–Trinajstić information content (AvgIpc) is 2.46. The van der Waals surface area contributed by atoms with Crippen LogP contribution in [0.15, 0.2) is 54.6 Å². The number of rotatable bonds is 3. The van der Waals surface area contributed by atoms with Gasteiger partial charge in [-0.05, 0) is 36.1 Å². The number of benzene rings is 2. The van der Waals surface area contributed by atoms with Crippen molar-refractivity contribution < 1.29 is 5.11 Å². The molecule has 0 radical (unpaired) electrons. The summed E-state index contributed by atoms with van der Waals surface area (Å²) >= 11 is 0. The van der Waals surface area contributed by atoms with Crippen molar-refractivity contribution in [2.24, 2.45) is 0 Å². The first kappa shape index (κ1) is 11.8. The van der Waals surface area contributed by atoms with Crippen LogP contribution in [0.4, 0.5) is 5.69 Å². The summed E-state index contributed by atoms with van der Waals surface area (Å²) in [5, 5.41) is 13.3. The Morgan fingerprint density at radius 1 is 1.00 bits per heavy atom. The summed E-state index contributed by atoms with van der Waals surface area (Å²) in [5.41, 5.74) is 3.44. The van der Waals surface area contributed by atoms with Gasteiger partial charge in [0.15, 0.2) is 0 Å². The predicted molar refractivity (Wildman–Crippen MR) is 79.3 cm³/mol. The number of phenols is 1. The fraction of sp³-hybridized carbons (Fsp3) is 0.176. The molecular formula is C17H17NO. The van der Waals surface area contributed by atoms with E-state index >= 15 is 0 Å². The molecule has 0 saturated heterocycles. The van der Waals surface area contributed by atoms with Gasteiger partial charge in [-0.3, -0.25) is 0 Å². The van der Waals surface area contributed by atoms with Gasteiger partial charge in [0, 0.05) is 11.7 Å². The molecule has 2 N–H and O–H groups in total. The van der Waals surface area contributed by atoms with Crippen molar-refractivity contribution in [1.82, 2.24) is 0 Å². The first-order valence-electron chi connectivity index (χ1n) is 6.63. The van der Waals surface area contributed by atoms with E-state index in [9.17, 15) is 5.11 Å². The fourth-order valence-corrected chi connectivity index (χ4v) is 2.44. The molecule has 0 saturated carbocycles. The second kappa shape index (κ2) is 5.19. The Balaban J connectivity index is 1.66. The van der Waals surface area contributed by atoms with Gasteiger partial charge in [0.05, 0.1) is 0 Å². The van der Waals surface area contributed by atoms with Gasteiger partial charge >= 0.3 is 0 Å². The van der Waals surface area contributed by atoms with Crippen LogP contribution in [0.3, 0.4) is 0 Å². The molecule has 2 heteroatoms. The average molecular weight is 251 g/mol. The van der Waals surface area contributed by atoms with Gasteiger partial charge in [-0.2, -0.15) is 0 Å². The first-order chi connectivity index (χ1) is 9.33. The summed E-state index contributed by atoms with van der Waals surface area (Å²) in [6.45, 7) is 0. The molecule has 0 aromatic heterocycles. The molecule has 3 rings (SSSR count). The van der Waals surface area contributed by atoms with Crippen LogP contribution in [0.1, 0.15) is 17.5 Å². The molecule has 1 atom stereocenters. The van der Waals surface area contributed by atoms with E-state index in [2.05, 4.69) is 29.6 Å². The molecule has 1 aliphatic heterocycles. The number of fused-ring (bicyclic) bond motifs is 1. The van der Waals surface area contributed by atoms with Crippen LogP contribution in [0.5, 0.6) is 5.75 Å². The normalized spacial score (nSPS) is 16.7. The van der Waals surface area contributed by atoms with E-state index < -0.39 is 0 Å². The van der Waals surface area contributed by atoms with Crippen molar-refractivity contribution in [3.8, 4) is 5.75 Å². The van der Waals surface area contributed by atoms with Crippen LogP contribution in [0.2, 0.25) is 0 Å². The predicted octanol–water partition coefficient (Wildman–Crippen LogP) is 3.83. The van der Waals surface area contributed by atoms with Crippen molar-refractivity contribution >= 4 is 11.8 Å². The third-order valence-corrected chi connectivity index (χ3v) is 3.53. The molecule has 2 aromatic carbocycles. The quantitative estimate of drug-likeness (QED) is 0.868. The van der Waals surface area contributed by atoms with Crippen LogP contribution in [-0.4, -0.2) is 11.1 Å². The molecule has 1 unspecified atom stereocenters. The maximum Gasteiger partial charge on any atom is 0.118 e. The lowest BCUT2D eigenvalue weighted by molar-refractivity contribution is 0.467. The molecule has 1 heterocycles. The number of phenolic OH excluding ortho intramolecular Hbond substituents is 1. The van der Waals surface area contributed by atoms with E-state index in [1.165, 1.54) is 11.3 Å². The lowest BCUT2D eigenvalue weighted by Gasteiger charge is -2.22. The van der Waals surface area contributed by atoms with Crippen molar-refractivity contribution in [1.29, 1.82) is 0 Å². The zero-order valence-corrected chi connectivity index (χ0v) is 10.7. The molecule has 0 amide bonds. The highest BCUT2D eigenvalue weighted by Crippen LogP contribution is 2.25. The molecule has 2 aromatic rings. The molecule has 0 aliphatic carbocycles. The monoisotopic (exact) mass is 251 g/mol. The van der Waals surface area contributed by atoms with Crippen molar-refractivity contribution in [2.45, 2.75) is 18.9 Å². The number of para-hydroxylation sites is 2. The highest BCUT2D eigenvalue weighted by atomic mass is 16.3. The molecule has 0 fully saturated rings. The summed E-state index contributed by atoms with van der Waals surface area (Å²) in [4.78, 5) is 0. The maximum atomic E-state index is 9.76. The van der Waals surface area contributed by atoms with Gasteiger partial charge in [-0.1, -0.05) is 48.6 Å². The van der Waals surface area contributed by atoms with Gasteiger partial charge in [0.25, 0.3) is 0 Å². The molecule has 96 valence electrons. The minimum absolute atomic E-state index is 0.328. The van der Waals surface area contributed by atoms with E-state index in [0.717, 1.165) is 18.4 Å². The smallest absolute Gasteiger partial charge is 0.118 e. The Kier molecular flexibility index (Phi) is 3.23. The highest BCUT2D eigenvalue weighted by molar-refractivity contribution is 5.70. The third-order valence-electron chi connectivity index (χ3n) is 3.53. The molecule has 1 aliphatic rings. The van der Waals surface area contributed by atoms with Crippen LogP contribution < -0.4 is 5.32 Å². The number of anilines is 1. The molecule has 0 spiro atoms. The summed E-state index contributed by atoms with van der Waals surface area (Å²) in [7, 11) is 0. The minimum atomic E-state index is 0.328. The summed E-state index contributed by atoms with van der Waals surface area (Å²) in [6, 6.07) is 16.2. The molecular weight excluding hydrogens is 234 g/mol. The van der Waals surface area contributed by atoms with Gasteiger partial charge in [-0.15, -0.1) is 0 Å². The Morgan fingerprint density at radius 3 is 2.68 bits per heavy atom. The second-order valence-corrected chi connectivity index (χ2v) is 4.86. The van der Waals surface area contributed by atoms with Gasteiger partial charge in [0.1, 0.15) is 5.75 Å². The van der Waals surface area contributed by atoms with Crippen LogP contribution in [-0.2, 0) is 6.42 Å². The van der Waals surface area contributed by atoms with Gasteiger partial charge in [0.2, 0.25) is 0 Å². The lowest BCUT2D eigenvalue weighted by atomic mass is 9.99. The largest absolute Gasteiger partial charge is 0.508 e. The summed E-state index contributed by atoms with van der Waals surface area (Å²) in [6.07, 6.45) is 6.21. The fourth-order valence-electron chi connectivity index (χ4n) is 2.44. The number of aromatic hydroxyl groups is 1. The van der Waals surface area contributed by atoms with Crippen LogP contribution >= 0.6 is 0 Å². The minimum Gasteiger partial charge on any atom is -0.508 e. The van der Waals surface area contributed by atoms with Crippen molar-refractivity contribution in [3.05, 3.63) is 65.7 Å². The Labute approximate surface area is 113 Å².